The van der Waals surface area contributed by atoms with Crippen LogP contribution in [0.15, 0.2) is 223 Å². The number of anilines is 6. The fourth-order valence-electron chi connectivity index (χ4n) is 7.95. The predicted molar refractivity (Wildman–Crippen MR) is 231 cm³/mol. The largest absolute Gasteiger partial charge is 0.455 e. The van der Waals surface area contributed by atoms with E-state index in [0.717, 1.165) is 89.1 Å². The molecule has 10 rings (SSSR count). The van der Waals surface area contributed by atoms with Gasteiger partial charge in [-0.3, -0.25) is 0 Å². The number of fused-ring (bicyclic) bond motifs is 5. The van der Waals surface area contributed by atoms with Gasteiger partial charge in [-0.05, 0) is 65.0 Å². The molecular formula is C52H36N2O. The molecule has 0 fully saturated rings. The quantitative estimate of drug-likeness (QED) is 0.157. The SMILES string of the molecule is c1ccc(-c2ccccc2N(c2ccccc2)c2cc(N(c3ccccc3)c3ccccc3-c3ccccc3)c3c(c2)oc2c4ccccc4ccc23)cc1. The van der Waals surface area contributed by atoms with Gasteiger partial charge in [0.25, 0.3) is 0 Å². The number of rotatable bonds is 8. The Morgan fingerprint density at radius 3 is 1.44 bits per heavy atom. The fraction of sp³-hybridized carbons (Fsp3) is 0. The van der Waals surface area contributed by atoms with Gasteiger partial charge < -0.3 is 14.2 Å². The highest BCUT2D eigenvalue weighted by Crippen LogP contribution is 2.50. The molecule has 0 aliphatic carbocycles. The second kappa shape index (κ2) is 13.9. The minimum atomic E-state index is 0.815. The van der Waals surface area contributed by atoms with E-state index in [1.165, 1.54) is 0 Å². The van der Waals surface area contributed by atoms with Gasteiger partial charge in [0.15, 0.2) is 0 Å². The molecule has 260 valence electrons. The third-order valence-corrected chi connectivity index (χ3v) is 10.4. The number of para-hydroxylation sites is 4. The normalized spacial score (nSPS) is 11.3. The first-order valence-electron chi connectivity index (χ1n) is 18.7. The summed E-state index contributed by atoms with van der Waals surface area (Å²) in [5.41, 5.74) is 12.5. The lowest BCUT2D eigenvalue weighted by molar-refractivity contribution is 0.673. The van der Waals surface area contributed by atoms with Crippen molar-refractivity contribution in [3.05, 3.63) is 218 Å². The first kappa shape index (κ1) is 32.3. The lowest BCUT2D eigenvalue weighted by Gasteiger charge is -2.32. The van der Waals surface area contributed by atoms with Crippen molar-refractivity contribution in [3.8, 4) is 22.3 Å². The number of furan rings is 1. The first-order chi connectivity index (χ1) is 27.3. The van der Waals surface area contributed by atoms with Crippen molar-refractivity contribution in [1.29, 1.82) is 0 Å². The van der Waals surface area contributed by atoms with Crippen LogP contribution in [0.3, 0.4) is 0 Å². The van der Waals surface area contributed by atoms with E-state index in [-0.39, 0.29) is 0 Å². The molecule has 0 N–H and O–H groups in total. The van der Waals surface area contributed by atoms with Crippen molar-refractivity contribution in [3.63, 3.8) is 0 Å². The molecule has 0 spiro atoms. The van der Waals surface area contributed by atoms with E-state index in [1.54, 1.807) is 0 Å². The zero-order valence-electron chi connectivity index (χ0n) is 30.1. The van der Waals surface area contributed by atoms with Crippen LogP contribution in [0.5, 0.6) is 0 Å². The molecular weight excluding hydrogens is 669 g/mol. The number of benzene rings is 9. The predicted octanol–water partition coefficient (Wildman–Crippen LogP) is 15.0. The highest BCUT2D eigenvalue weighted by molar-refractivity contribution is 6.20. The Morgan fingerprint density at radius 2 is 0.818 bits per heavy atom. The van der Waals surface area contributed by atoms with E-state index in [0.29, 0.717) is 0 Å². The molecule has 9 aromatic carbocycles. The van der Waals surface area contributed by atoms with Crippen LogP contribution < -0.4 is 9.80 Å². The molecule has 0 unspecified atom stereocenters. The van der Waals surface area contributed by atoms with E-state index in [4.69, 9.17) is 4.42 Å². The third-order valence-electron chi connectivity index (χ3n) is 10.4. The number of hydrogen-bond acceptors (Lipinski definition) is 3. The van der Waals surface area contributed by atoms with E-state index in [9.17, 15) is 0 Å². The average Bonchev–Trinajstić information content (AvgIpc) is 3.65. The van der Waals surface area contributed by atoms with E-state index in [2.05, 4.69) is 228 Å². The Labute approximate surface area is 320 Å². The van der Waals surface area contributed by atoms with Gasteiger partial charge in [-0.25, -0.2) is 0 Å². The van der Waals surface area contributed by atoms with Gasteiger partial charge in [0.1, 0.15) is 11.2 Å². The molecule has 1 aromatic heterocycles. The second-order valence-corrected chi connectivity index (χ2v) is 13.7. The van der Waals surface area contributed by atoms with E-state index >= 15 is 0 Å². The van der Waals surface area contributed by atoms with Crippen molar-refractivity contribution in [2.24, 2.45) is 0 Å². The summed E-state index contributed by atoms with van der Waals surface area (Å²) < 4.78 is 7.07. The van der Waals surface area contributed by atoms with Gasteiger partial charge in [-0.1, -0.05) is 164 Å². The van der Waals surface area contributed by atoms with Crippen molar-refractivity contribution >= 4 is 66.8 Å². The molecule has 0 bridgehead atoms. The van der Waals surface area contributed by atoms with Gasteiger partial charge in [0.2, 0.25) is 0 Å². The van der Waals surface area contributed by atoms with Crippen LogP contribution in [-0.4, -0.2) is 0 Å². The Balaban J connectivity index is 1.33. The summed E-state index contributed by atoms with van der Waals surface area (Å²) in [5.74, 6) is 0. The van der Waals surface area contributed by atoms with Crippen LogP contribution in [0.2, 0.25) is 0 Å². The van der Waals surface area contributed by atoms with Crippen LogP contribution in [-0.2, 0) is 0 Å². The summed E-state index contributed by atoms with van der Waals surface area (Å²) in [4.78, 5) is 4.77. The third kappa shape index (κ3) is 5.80. The summed E-state index contributed by atoms with van der Waals surface area (Å²) in [6, 6.07) is 77.4. The summed E-state index contributed by atoms with van der Waals surface area (Å²) in [6.07, 6.45) is 0. The summed E-state index contributed by atoms with van der Waals surface area (Å²) in [6.45, 7) is 0. The zero-order chi connectivity index (χ0) is 36.6. The summed E-state index contributed by atoms with van der Waals surface area (Å²) in [7, 11) is 0. The highest BCUT2D eigenvalue weighted by Gasteiger charge is 2.26. The van der Waals surface area contributed by atoms with Crippen molar-refractivity contribution < 1.29 is 4.42 Å². The lowest BCUT2D eigenvalue weighted by atomic mass is 9.99. The molecule has 1 heterocycles. The Kier molecular flexibility index (Phi) is 8.16. The molecule has 0 aliphatic rings. The molecule has 55 heavy (non-hydrogen) atoms. The highest BCUT2D eigenvalue weighted by atomic mass is 16.3. The molecule has 3 heteroatoms. The van der Waals surface area contributed by atoms with Crippen LogP contribution >= 0.6 is 0 Å². The monoisotopic (exact) mass is 704 g/mol. The lowest BCUT2D eigenvalue weighted by Crippen LogP contribution is -2.14. The Hall–Kier alpha value is -7.36. The second-order valence-electron chi connectivity index (χ2n) is 13.7. The van der Waals surface area contributed by atoms with Crippen LogP contribution in [0.25, 0.3) is 55.0 Å². The van der Waals surface area contributed by atoms with Gasteiger partial charge in [0.05, 0.1) is 28.1 Å². The molecule has 0 atom stereocenters. The maximum Gasteiger partial charge on any atom is 0.143 e. The molecule has 0 amide bonds. The Bertz CT molecular complexity index is 2920. The smallest absolute Gasteiger partial charge is 0.143 e. The standard InChI is InChI=1S/C52H36N2O/c1-5-19-37(20-6-1)43-28-15-17-31-47(43)53(40-24-9-3-10-25-40)42-35-49(51-46-34-33-39-23-13-14-30-45(39)52(46)55-50(51)36-42)54(41-26-11-4-12-27-41)48-32-18-16-29-44(48)38-21-7-2-8-22-38/h1-36H. The molecule has 0 aliphatic heterocycles. The topological polar surface area (TPSA) is 19.6 Å². The Morgan fingerprint density at radius 1 is 0.327 bits per heavy atom. The van der Waals surface area contributed by atoms with Crippen molar-refractivity contribution in [2.75, 3.05) is 9.80 Å². The fourth-order valence-corrected chi connectivity index (χ4v) is 7.95. The van der Waals surface area contributed by atoms with Gasteiger partial charge in [-0.15, -0.1) is 0 Å². The van der Waals surface area contributed by atoms with Crippen molar-refractivity contribution in [2.45, 2.75) is 0 Å². The minimum absolute atomic E-state index is 0.815. The number of nitrogens with zero attached hydrogens (tertiary/aromatic N) is 2. The molecule has 0 saturated carbocycles. The minimum Gasteiger partial charge on any atom is -0.455 e. The molecule has 3 nitrogen and oxygen atoms in total. The maximum atomic E-state index is 7.07. The first-order valence-corrected chi connectivity index (χ1v) is 18.7. The molecule has 0 saturated heterocycles. The maximum absolute atomic E-state index is 7.07. The van der Waals surface area contributed by atoms with Gasteiger partial charge in [0, 0.05) is 39.3 Å². The van der Waals surface area contributed by atoms with Crippen LogP contribution in [0.4, 0.5) is 34.1 Å². The van der Waals surface area contributed by atoms with E-state index < -0.39 is 0 Å². The van der Waals surface area contributed by atoms with E-state index in [1.807, 2.05) is 0 Å². The molecule has 0 radical (unpaired) electrons. The van der Waals surface area contributed by atoms with Crippen LogP contribution in [0, 0.1) is 0 Å². The number of hydrogen-bond donors (Lipinski definition) is 0. The zero-order valence-corrected chi connectivity index (χ0v) is 30.1. The van der Waals surface area contributed by atoms with Crippen LogP contribution in [0.1, 0.15) is 0 Å². The summed E-state index contributed by atoms with van der Waals surface area (Å²) in [5, 5.41) is 4.37. The average molecular weight is 705 g/mol. The van der Waals surface area contributed by atoms with Gasteiger partial charge >= 0.3 is 0 Å². The van der Waals surface area contributed by atoms with Crippen molar-refractivity contribution in [1.82, 2.24) is 0 Å². The molecule has 10 aromatic rings. The summed E-state index contributed by atoms with van der Waals surface area (Å²) >= 11 is 0. The van der Waals surface area contributed by atoms with Gasteiger partial charge in [-0.2, -0.15) is 0 Å².